The van der Waals surface area contributed by atoms with Gasteiger partial charge in [-0.3, -0.25) is 0 Å². The monoisotopic (exact) mass is 428 g/mol. The normalized spacial score (nSPS) is 11.0. The van der Waals surface area contributed by atoms with Crippen molar-refractivity contribution in [2.75, 3.05) is 7.11 Å². The van der Waals surface area contributed by atoms with Gasteiger partial charge in [-0.15, -0.1) is 0 Å². The van der Waals surface area contributed by atoms with Crippen molar-refractivity contribution in [2.24, 2.45) is 4.99 Å². The lowest BCUT2D eigenvalue weighted by atomic mass is 9.98. The predicted octanol–water partition coefficient (Wildman–Crippen LogP) is 7.40. The molecule has 158 valence electrons. The summed E-state index contributed by atoms with van der Waals surface area (Å²) in [5.74, 6) is 1.59. The number of nitriles is 1. The molecule has 0 amide bonds. The van der Waals surface area contributed by atoms with Crippen LogP contribution in [0.25, 0.3) is 33.2 Å². The van der Waals surface area contributed by atoms with E-state index in [4.69, 9.17) is 9.15 Å². The first-order valence-corrected chi connectivity index (χ1v) is 10.6. The fourth-order valence-electron chi connectivity index (χ4n) is 4.00. The van der Waals surface area contributed by atoms with E-state index in [0.717, 1.165) is 33.0 Å². The Morgan fingerprint density at radius 1 is 0.818 bits per heavy atom. The molecule has 0 saturated carbocycles. The molecule has 0 aliphatic heterocycles. The lowest BCUT2D eigenvalue weighted by molar-refractivity contribution is 0.415. The third-order valence-electron chi connectivity index (χ3n) is 5.56. The fraction of sp³-hybridized carbons (Fsp3) is 0.0345. The first-order chi connectivity index (χ1) is 16.3. The van der Waals surface area contributed by atoms with Crippen molar-refractivity contribution < 1.29 is 9.15 Å². The Balaban J connectivity index is 1.71. The molecule has 5 rings (SSSR count). The summed E-state index contributed by atoms with van der Waals surface area (Å²) in [7, 11) is 1.63. The summed E-state index contributed by atoms with van der Waals surface area (Å²) >= 11 is 0. The molecule has 33 heavy (non-hydrogen) atoms. The van der Waals surface area contributed by atoms with Crippen molar-refractivity contribution >= 4 is 22.9 Å². The van der Waals surface area contributed by atoms with Gasteiger partial charge in [0, 0.05) is 22.9 Å². The molecule has 0 saturated heterocycles. The van der Waals surface area contributed by atoms with E-state index in [1.54, 1.807) is 13.3 Å². The van der Waals surface area contributed by atoms with E-state index in [9.17, 15) is 5.26 Å². The topological polar surface area (TPSA) is 58.5 Å². The number of aliphatic imine (C=N–C) groups is 1. The Morgan fingerprint density at radius 3 is 2.18 bits per heavy atom. The molecule has 5 aromatic rings. The molecule has 0 aliphatic carbocycles. The highest BCUT2D eigenvalue weighted by atomic mass is 16.5. The van der Waals surface area contributed by atoms with Crippen LogP contribution in [0.15, 0.2) is 106 Å². The van der Waals surface area contributed by atoms with Gasteiger partial charge in [0.05, 0.1) is 7.11 Å². The summed E-state index contributed by atoms with van der Waals surface area (Å²) in [5.41, 5.74) is 3.76. The van der Waals surface area contributed by atoms with Gasteiger partial charge < -0.3 is 9.15 Å². The second-order valence-electron chi connectivity index (χ2n) is 7.49. The summed E-state index contributed by atoms with van der Waals surface area (Å²) in [4.78, 5) is 4.64. The van der Waals surface area contributed by atoms with E-state index in [2.05, 4.69) is 11.1 Å². The van der Waals surface area contributed by atoms with Gasteiger partial charge in [0.1, 0.15) is 23.1 Å². The molecule has 1 heterocycles. The summed E-state index contributed by atoms with van der Waals surface area (Å²) in [6.45, 7) is 0. The molecule has 0 spiro atoms. The first-order valence-electron chi connectivity index (χ1n) is 10.6. The van der Waals surface area contributed by atoms with Crippen LogP contribution >= 0.6 is 0 Å². The summed E-state index contributed by atoms with van der Waals surface area (Å²) in [6.07, 6.45) is 1.71. The number of benzene rings is 4. The second kappa shape index (κ2) is 8.86. The standard InChI is InChI=1S/C29H20N2O2/c1-32-26-17-16-20-10-8-9-15-23(20)25(26)19-31-29-24(18-30)27(21-11-4-2-5-12-21)28(33-29)22-13-6-3-7-14-22/h2-17,19H,1H3. The van der Waals surface area contributed by atoms with E-state index in [1.165, 1.54) is 0 Å². The molecular formula is C29H20N2O2. The molecule has 4 nitrogen and oxygen atoms in total. The van der Waals surface area contributed by atoms with Crippen LogP contribution in [-0.4, -0.2) is 13.3 Å². The van der Waals surface area contributed by atoms with Crippen LogP contribution in [0.2, 0.25) is 0 Å². The zero-order valence-electron chi connectivity index (χ0n) is 18.0. The number of furan rings is 1. The van der Waals surface area contributed by atoms with Gasteiger partial charge in [0.15, 0.2) is 0 Å². The molecule has 0 fully saturated rings. The van der Waals surface area contributed by atoms with Crippen molar-refractivity contribution in [1.29, 1.82) is 5.26 Å². The average Bonchev–Trinajstić information content (AvgIpc) is 3.26. The SMILES string of the molecule is COc1ccc2ccccc2c1C=Nc1oc(-c2ccccc2)c(-c2ccccc2)c1C#N. The van der Waals surface area contributed by atoms with Crippen molar-refractivity contribution in [3.05, 3.63) is 108 Å². The van der Waals surface area contributed by atoms with E-state index in [0.29, 0.717) is 17.1 Å². The van der Waals surface area contributed by atoms with E-state index in [-0.39, 0.29) is 5.88 Å². The summed E-state index contributed by atoms with van der Waals surface area (Å²) in [6, 6.07) is 33.9. The largest absolute Gasteiger partial charge is 0.496 e. The number of ether oxygens (including phenoxy) is 1. The number of hydrogen-bond donors (Lipinski definition) is 0. The highest BCUT2D eigenvalue weighted by Gasteiger charge is 2.22. The predicted molar refractivity (Wildman–Crippen MR) is 132 cm³/mol. The molecule has 0 unspecified atom stereocenters. The summed E-state index contributed by atoms with van der Waals surface area (Å²) in [5, 5.41) is 12.2. The van der Waals surface area contributed by atoms with Crippen LogP contribution in [0.3, 0.4) is 0 Å². The average molecular weight is 428 g/mol. The smallest absolute Gasteiger partial charge is 0.238 e. The number of methoxy groups -OCH3 is 1. The van der Waals surface area contributed by atoms with Crippen LogP contribution in [0, 0.1) is 11.3 Å². The molecular weight excluding hydrogens is 408 g/mol. The zero-order chi connectivity index (χ0) is 22.6. The van der Waals surface area contributed by atoms with Crippen molar-refractivity contribution in [3.8, 4) is 34.3 Å². The van der Waals surface area contributed by atoms with Crippen molar-refractivity contribution in [2.45, 2.75) is 0 Å². The van der Waals surface area contributed by atoms with Crippen LogP contribution in [0.5, 0.6) is 5.75 Å². The third-order valence-corrected chi connectivity index (χ3v) is 5.56. The second-order valence-corrected chi connectivity index (χ2v) is 7.49. The minimum absolute atomic E-state index is 0.269. The van der Waals surface area contributed by atoms with Crippen LogP contribution in [0.1, 0.15) is 11.1 Å². The molecule has 0 radical (unpaired) electrons. The van der Waals surface area contributed by atoms with Gasteiger partial charge in [-0.05, 0) is 22.4 Å². The minimum Gasteiger partial charge on any atom is -0.496 e. The maximum absolute atomic E-state index is 10.1. The minimum atomic E-state index is 0.269. The maximum Gasteiger partial charge on any atom is 0.238 e. The van der Waals surface area contributed by atoms with Gasteiger partial charge in [0.2, 0.25) is 5.88 Å². The Morgan fingerprint density at radius 2 is 1.48 bits per heavy atom. The van der Waals surface area contributed by atoms with Crippen LogP contribution in [-0.2, 0) is 0 Å². The lowest BCUT2D eigenvalue weighted by Crippen LogP contribution is -1.92. The quantitative estimate of drug-likeness (QED) is 0.274. The molecule has 0 N–H and O–H groups in total. The highest BCUT2D eigenvalue weighted by molar-refractivity contribution is 6.03. The number of fused-ring (bicyclic) bond motifs is 1. The van der Waals surface area contributed by atoms with Gasteiger partial charge in [0.25, 0.3) is 0 Å². The van der Waals surface area contributed by atoms with E-state index >= 15 is 0 Å². The molecule has 0 aliphatic rings. The molecule has 4 aromatic carbocycles. The van der Waals surface area contributed by atoms with Crippen molar-refractivity contribution in [1.82, 2.24) is 0 Å². The van der Waals surface area contributed by atoms with Gasteiger partial charge >= 0.3 is 0 Å². The lowest BCUT2D eigenvalue weighted by Gasteiger charge is -2.08. The van der Waals surface area contributed by atoms with Crippen LogP contribution in [0.4, 0.5) is 5.88 Å². The Labute approximate surface area is 192 Å². The van der Waals surface area contributed by atoms with Crippen molar-refractivity contribution in [3.63, 3.8) is 0 Å². The first kappa shape index (κ1) is 20.3. The van der Waals surface area contributed by atoms with E-state index < -0.39 is 0 Å². The molecule has 0 bridgehead atoms. The highest BCUT2D eigenvalue weighted by Crippen LogP contribution is 2.42. The fourth-order valence-corrected chi connectivity index (χ4v) is 4.00. The summed E-state index contributed by atoms with van der Waals surface area (Å²) < 4.78 is 11.8. The van der Waals surface area contributed by atoms with Gasteiger partial charge in [-0.2, -0.15) is 5.26 Å². The van der Waals surface area contributed by atoms with Gasteiger partial charge in [-0.1, -0.05) is 91.0 Å². The van der Waals surface area contributed by atoms with Gasteiger partial charge in [-0.25, -0.2) is 4.99 Å². The number of nitrogens with zero attached hydrogens (tertiary/aromatic N) is 2. The molecule has 1 aromatic heterocycles. The van der Waals surface area contributed by atoms with Crippen LogP contribution < -0.4 is 4.74 Å². The molecule has 0 atom stereocenters. The Hall–Kier alpha value is -4.62. The van der Waals surface area contributed by atoms with E-state index in [1.807, 2.05) is 97.1 Å². The maximum atomic E-state index is 10.1. The number of rotatable bonds is 5. The zero-order valence-corrected chi connectivity index (χ0v) is 18.0. The number of hydrogen-bond acceptors (Lipinski definition) is 4. The Kier molecular flexibility index (Phi) is 5.45. The Bertz CT molecular complexity index is 1490. The molecule has 4 heteroatoms. The third kappa shape index (κ3) is 3.77.